The lowest BCUT2D eigenvalue weighted by atomic mass is 10.1. The number of aryl methyl sites for hydroxylation is 2. The summed E-state index contributed by atoms with van der Waals surface area (Å²) in [7, 11) is 0. The Labute approximate surface area is 106 Å². The van der Waals surface area contributed by atoms with Crippen molar-refractivity contribution in [3.63, 3.8) is 0 Å². The molecule has 1 heterocycles. The van der Waals surface area contributed by atoms with Gasteiger partial charge < -0.3 is 4.74 Å². The molecule has 0 aliphatic heterocycles. The van der Waals surface area contributed by atoms with Crippen molar-refractivity contribution in [1.82, 2.24) is 9.97 Å². The minimum Gasteiger partial charge on any atom is -0.424 e. The van der Waals surface area contributed by atoms with Crippen molar-refractivity contribution in [2.75, 3.05) is 0 Å². The van der Waals surface area contributed by atoms with E-state index in [0.29, 0.717) is 17.4 Å². The van der Waals surface area contributed by atoms with Crippen LogP contribution >= 0.6 is 0 Å². The molecular weight excluding hydrogens is 226 g/mol. The van der Waals surface area contributed by atoms with Gasteiger partial charge in [-0.15, -0.1) is 0 Å². The summed E-state index contributed by atoms with van der Waals surface area (Å²) in [5.74, 6) is 0.656. The highest BCUT2D eigenvalue weighted by Crippen LogP contribution is 2.27. The van der Waals surface area contributed by atoms with E-state index in [4.69, 9.17) is 11.3 Å². The van der Waals surface area contributed by atoms with Crippen molar-refractivity contribution in [3.8, 4) is 11.8 Å². The Bertz CT molecular complexity index is 585. The maximum absolute atomic E-state index is 7.06. The molecule has 1 aromatic heterocycles. The summed E-state index contributed by atoms with van der Waals surface area (Å²) in [5.41, 5.74) is 2.62. The third kappa shape index (κ3) is 2.64. The molecule has 0 bridgehead atoms. The van der Waals surface area contributed by atoms with Crippen LogP contribution in [0.25, 0.3) is 4.85 Å². The molecule has 0 N–H and O–H groups in total. The molecule has 0 radical (unpaired) electrons. The van der Waals surface area contributed by atoms with Gasteiger partial charge in [0.1, 0.15) is 5.75 Å². The number of benzene rings is 1. The zero-order valence-electron chi connectivity index (χ0n) is 10.3. The lowest BCUT2D eigenvalue weighted by molar-refractivity contribution is 0.441. The van der Waals surface area contributed by atoms with E-state index in [-0.39, 0.29) is 0 Å². The van der Waals surface area contributed by atoms with Gasteiger partial charge in [-0.3, -0.25) is 0 Å². The second-order valence-electron chi connectivity index (χ2n) is 3.90. The molecule has 2 aromatic rings. The van der Waals surface area contributed by atoms with Crippen molar-refractivity contribution in [2.45, 2.75) is 20.3 Å². The second-order valence-corrected chi connectivity index (χ2v) is 3.90. The van der Waals surface area contributed by atoms with Gasteiger partial charge in [0.15, 0.2) is 5.69 Å². The van der Waals surface area contributed by atoms with Crippen LogP contribution in [-0.2, 0) is 6.42 Å². The standard InChI is InChI=1S/C14H13N3O/c1-4-11-7-12(5-6-13(11)15-3)18-14-16-8-10(2)9-17-14/h5-9H,4H2,1-2H3. The first-order chi connectivity index (χ1) is 8.72. The van der Waals surface area contributed by atoms with Crippen LogP contribution in [-0.4, -0.2) is 9.97 Å². The third-order valence-corrected chi connectivity index (χ3v) is 2.52. The van der Waals surface area contributed by atoms with Gasteiger partial charge in [-0.05, 0) is 36.6 Å². The van der Waals surface area contributed by atoms with Gasteiger partial charge in [0.25, 0.3) is 0 Å². The Morgan fingerprint density at radius 1 is 1.28 bits per heavy atom. The highest BCUT2D eigenvalue weighted by Gasteiger charge is 2.05. The van der Waals surface area contributed by atoms with Crippen LogP contribution in [0.4, 0.5) is 5.69 Å². The van der Waals surface area contributed by atoms with Gasteiger partial charge in [-0.2, -0.15) is 0 Å². The molecule has 4 nitrogen and oxygen atoms in total. The Morgan fingerprint density at radius 3 is 2.61 bits per heavy atom. The van der Waals surface area contributed by atoms with Gasteiger partial charge in [-0.25, -0.2) is 14.8 Å². The van der Waals surface area contributed by atoms with Crippen molar-refractivity contribution < 1.29 is 4.74 Å². The van der Waals surface area contributed by atoms with Crippen molar-refractivity contribution >= 4 is 5.69 Å². The number of hydrogen-bond acceptors (Lipinski definition) is 3. The minimum absolute atomic E-state index is 0.318. The lowest BCUT2D eigenvalue weighted by Gasteiger charge is -2.06. The summed E-state index contributed by atoms with van der Waals surface area (Å²) in [6.45, 7) is 11.0. The lowest BCUT2D eigenvalue weighted by Crippen LogP contribution is -1.92. The van der Waals surface area contributed by atoms with Crippen LogP contribution in [0.15, 0.2) is 30.6 Å². The maximum atomic E-state index is 7.06. The molecule has 0 saturated carbocycles. The summed E-state index contributed by atoms with van der Waals surface area (Å²) >= 11 is 0. The molecular formula is C14H13N3O. The first kappa shape index (κ1) is 12.1. The van der Waals surface area contributed by atoms with Crippen LogP contribution in [0.2, 0.25) is 0 Å². The fourth-order valence-corrected chi connectivity index (χ4v) is 1.56. The van der Waals surface area contributed by atoms with E-state index in [9.17, 15) is 0 Å². The van der Waals surface area contributed by atoms with E-state index in [0.717, 1.165) is 17.5 Å². The monoisotopic (exact) mass is 239 g/mol. The quantitative estimate of drug-likeness (QED) is 0.767. The Kier molecular flexibility index (Phi) is 3.54. The normalized spacial score (nSPS) is 9.83. The highest BCUT2D eigenvalue weighted by atomic mass is 16.5. The Balaban J connectivity index is 2.25. The summed E-state index contributed by atoms with van der Waals surface area (Å²) in [4.78, 5) is 11.6. The molecule has 90 valence electrons. The molecule has 0 atom stereocenters. The largest absolute Gasteiger partial charge is 0.424 e. The van der Waals surface area contributed by atoms with Gasteiger partial charge in [0.2, 0.25) is 0 Å². The molecule has 1 aromatic carbocycles. The minimum atomic E-state index is 0.318. The van der Waals surface area contributed by atoms with Crippen LogP contribution in [0.3, 0.4) is 0 Å². The van der Waals surface area contributed by atoms with Gasteiger partial charge >= 0.3 is 6.01 Å². The molecule has 0 spiro atoms. The first-order valence-electron chi connectivity index (χ1n) is 5.70. The predicted molar refractivity (Wildman–Crippen MR) is 68.9 cm³/mol. The fraction of sp³-hybridized carbons (Fsp3) is 0.214. The average Bonchev–Trinajstić information content (AvgIpc) is 2.41. The van der Waals surface area contributed by atoms with Crippen molar-refractivity contribution in [2.24, 2.45) is 0 Å². The van der Waals surface area contributed by atoms with E-state index in [2.05, 4.69) is 14.8 Å². The zero-order valence-corrected chi connectivity index (χ0v) is 10.3. The molecule has 0 aliphatic carbocycles. The van der Waals surface area contributed by atoms with Gasteiger partial charge in [-0.1, -0.05) is 13.0 Å². The van der Waals surface area contributed by atoms with E-state index in [1.807, 2.05) is 19.9 Å². The van der Waals surface area contributed by atoms with E-state index >= 15 is 0 Å². The van der Waals surface area contributed by atoms with E-state index < -0.39 is 0 Å². The van der Waals surface area contributed by atoms with E-state index in [1.165, 1.54) is 0 Å². The number of nitrogens with zero attached hydrogens (tertiary/aromatic N) is 3. The first-order valence-corrected chi connectivity index (χ1v) is 5.70. The summed E-state index contributed by atoms with van der Waals surface area (Å²) in [6.07, 6.45) is 4.21. The zero-order chi connectivity index (χ0) is 13.0. The average molecular weight is 239 g/mol. The summed E-state index contributed by atoms with van der Waals surface area (Å²) in [5, 5.41) is 0. The summed E-state index contributed by atoms with van der Waals surface area (Å²) in [6, 6.07) is 5.69. The molecule has 0 amide bonds. The molecule has 0 unspecified atom stereocenters. The number of rotatable bonds is 3. The SMILES string of the molecule is [C-]#[N+]c1ccc(Oc2ncc(C)cn2)cc1CC. The van der Waals surface area contributed by atoms with Crippen LogP contribution in [0.5, 0.6) is 11.8 Å². The van der Waals surface area contributed by atoms with Crippen molar-refractivity contribution in [3.05, 3.63) is 53.1 Å². The fourth-order valence-electron chi connectivity index (χ4n) is 1.56. The maximum Gasteiger partial charge on any atom is 0.321 e. The van der Waals surface area contributed by atoms with Gasteiger partial charge in [0, 0.05) is 12.4 Å². The number of hydrogen-bond donors (Lipinski definition) is 0. The number of aromatic nitrogens is 2. The highest BCUT2D eigenvalue weighted by molar-refractivity contribution is 5.55. The van der Waals surface area contributed by atoms with Crippen molar-refractivity contribution in [1.29, 1.82) is 0 Å². The number of ether oxygens (including phenoxy) is 1. The molecule has 0 fully saturated rings. The van der Waals surface area contributed by atoms with Crippen LogP contribution in [0, 0.1) is 13.5 Å². The Hall–Kier alpha value is -2.41. The smallest absolute Gasteiger partial charge is 0.321 e. The van der Waals surface area contributed by atoms with E-state index in [1.54, 1.807) is 24.5 Å². The van der Waals surface area contributed by atoms with Crippen LogP contribution in [0.1, 0.15) is 18.1 Å². The molecule has 2 rings (SSSR count). The van der Waals surface area contributed by atoms with Gasteiger partial charge in [0.05, 0.1) is 6.57 Å². The molecule has 0 saturated heterocycles. The molecule has 0 aliphatic rings. The molecule has 4 heteroatoms. The summed E-state index contributed by atoms with van der Waals surface area (Å²) < 4.78 is 5.55. The Morgan fingerprint density at radius 2 is 2.00 bits per heavy atom. The third-order valence-electron chi connectivity index (χ3n) is 2.52. The topological polar surface area (TPSA) is 39.4 Å². The molecule has 18 heavy (non-hydrogen) atoms. The second kappa shape index (κ2) is 5.28. The predicted octanol–water partition coefficient (Wildman–Crippen LogP) is 3.69. The van der Waals surface area contributed by atoms with Crippen LogP contribution < -0.4 is 4.74 Å².